The van der Waals surface area contributed by atoms with Gasteiger partial charge in [0, 0.05) is 0 Å². The summed E-state index contributed by atoms with van der Waals surface area (Å²) in [5.41, 5.74) is 6.41. The molecule has 19 heavy (non-hydrogen) atoms. The Morgan fingerprint density at radius 3 is 2.74 bits per heavy atom. The van der Waals surface area contributed by atoms with Crippen LogP contribution in [0.1, 0.15) is 12.8 Å². The van der Waals surface area contributed by atoms with Gasteiger partial charge >= 0.3 is 0 Å². The number of rotatable bonds is 5. The van der Waals surface area contributed by atoms with Gasteiger partial charge in [-0.1, -0.05) is 12.1 Å². The maximum absolute atomic E-state index is 12.3. The van der Waals surface area contributed by atoms with E-state index in [0.717, 1.165) is 0 Å². The molecule has 0 radical (unpaired) electrons. The first-order valence-electron chi connectivity index (χ1n) is 6.14. The number of carbonyl (C=O) groups excluding carboxylic acids is 1. The summed E-state index contributed by atoms with van der Waals surface area (Å²) in [5.74, 6) is -0.313. The number of benzene rings is 1. The Morgan fingerprint density at radius 1 is 1.26 bits per heavy atom. The van der Waals surface area contributed by atoms with Crippen molar-refractivity contribution < 1.29 is 13.2 Å². The van der Waals surface area contributed by atoms with E-state index >= 15 is 0 Å². The summed E-state index contributed by atoms with van der Waals surface area (Å²) >= 11 is 0. The highest BCUT2D eigenvalue weighted by molar-refractivity contribution is 7.92. The largest absolute Gasteiger partial charge is 0.330 e. The first-order valence-corrected chi connectivity index (χ1v) is 7.75. The van der Waals surface area contributed by atoms with Crippen molar-refractivity contribution in [2.24, 2.45) is 5.73 Å². The van der Waals surface area contributed by atoms with Crippen LogP contribution in [0, 0.1) is 0 Å². The van der Waals surface area contributed by atoms with Gasteiger partial charge in [-0.3, -0.25) is 9.10 Å². The molecule has 1 aliphatic heterocycles. The molecular weight excluding hydrogens is 266 g/mol. The first kappa shape index (κ1) is 13.8. The molecule has 2 rings (SSSR count). The maximum Gasteiger partial charge on any atom is 0.245 e. The van der Waals surface area contributed by atoms with Crippen LogP contribution in [0.4, 0.5) is 11.4 Å². The highest BCUT2D eigenvalue weighted by Gasteiger charge is 2.30. The van der Waals surface area contributed by atoms with Crippen molar-refractivity contribution in [1.82, 2.24) is 0 Å². The van der Waals surface area contributed by atoms with Gasteiger partial charge in [0.25, 0.3) is 0 Å². The van der Waals surface area contributed by atoms with Crippen LogP contribution in [0.3, 0.4) is 0 Å². The molecule has 0 spiro atoms. The van der Waals surface area contributed by atoms with E-state index < -0.39 is 10.0 Å². The van der Waals surface area contributed by atoms with Gasteiger partial charge in [0.1, 0.15) is 6.54 Å². The Hall–Kier alpha value is -1.60. The number of nitrogens with one attached hydrogen (secondary N) is 1. The van der Waals surface area contributed by atoms with Crippen molar-refractivity contribution in [3.63, 3.8) is 0 Å². The van der Waals surface area contributed by atoms with Gasteiger partial charge < -0.3 is 11.1 Å². The molecule has 0 aromatic heterocycles. The van der Waals surface area contributed by atoms with Gasteiger partial charge in [-0.25, -0.2) is 8.42 Å². The number of amides is 1. The zero-order valence-electron chi connectivity index (χ0n) is 10.5. The molecule has 0 aliphatic carbocycles. The van der Waals surface area contributed by atoms with E-state index in [4.69, 9.17) is 5.73 Å². The van der Waals surface area contributed by atoms with Gasteiger partial charge in [-0.05, 0) is 31.5 Å². The number of hydrogen-bond acceptors (Lipinski definition) is 4. The predicted molar refractivity (Wildman–Crippen MR) is 74.5 cm³/mol. The molecule has 1 aromatic rings. The second kappa shape index (κ2) is 5.58. The minimum atomic E-state index is -3.48. The van der Waals surface area contributed by atoms with Crippen molar-refractivity contribution >= 4 is 27.3 Å². The number of sulfonamides is 1. The maximum atomic E-state index is 12.3. The van der Waals surface area contributed by atoms with Crippen molar-refractivity contribution in [2.75, 3.05) is 28.5 Å². The third-order valence-electron chi connectivity index (χ3n) is 2.93. The molecule has 1 aliphatic rings. The van der Waals surface area contributed by atoms with Gasteiger partial charge in [-0.15, -0.1) is 0 Å². The van der Waals surface area contributed by atoms with E-state index in [0.29, 0.717) is 30.8 Å². The van der Waals surface area contributed by atoms with Gasteiger partial charge in [0.05, 0.1) is 17.1 Å². The molecule has 3 N–H and O–H groups in total. The van der Waals surface area contributed by atoms with Gasteiger partial charge in [0.15, 0.2) is 0 Å². The lowest BCUT2D eigenvalue weighted by molar-refractivity contribution is -0.115. The molecule has 0 saturated carbocycles. The van der Waals surface area contributed by atoms with Crippen LogP contribution in [0.2, 0.25) is 0 Å². The molecule has 0 fully saturated rings. The van der Waals surface area contributed by atoms with E-state index in [1.165, 1.54) is 4.31 Å². The summed E-state index contributed by atoms with van der Waals surface area (Å²) < 4.78 is 25.7. The highest BCUT2D eigenvalue weighted by atomic mass is 32.2. The topological polar surface area (TPSA) is 92.5 Å². The summed E-state index contributed by atoms with van der Waals surface area (Å²) in [6, 6.07) is 6.88. The molecular formula is C12H17N3O3S. The van der Waals surface area contributed by atoms with Crippen molar-refractivity contribution in [2.45, 2.75) is 12.8 Å². The lowest BCUT2D eigenvalue weighted by Gasteiger charge is -2.30. The van der Waals surface area contributed by atoms with Gasteiger partial charge in [0.2, 0.25) is 15.9 Å². The fourth-order valence-corrected chi connectivity index (χ4v) is 3.55. The van der Waals surface area contributed by atoms with E-state index in [1.807, 2.05) is 0 Å². The SMILES string of the molecule is NCCCCS(=O)(=O)N1CC(=O)Nc2ccccc21. The monoisotopic (exact) mass is 283 g/mol. The Kier molecular flexibility index (Phi) is 4.06. The number of unbranched alkanes of at least 4 members (excludes halogenated alkanes) is 1. The van der Waals surface area contributed by atoms with Crippen LogP contribution in [0.5, 0.6) is 0 Å². The average Bonchev–Trinajstić information content (AvgIpc) is 2.38. The number of hydrogen-bond donors (Lipinski definition) is 2. The van der Waals surface area contributed by atoms with Crippen LogP contribution in [-0.4, -0.2) is 33.2 Å². The predicted octanol–water partition coefficient (Wildman–Crippen LogP) is 0.514. The molecule has 104 valence electrons. The first-order chi connectivity index (χ1) is 9.04. The van der Waals surface area contributed by atoms with Crippen LogP contribution in [0.25, 0.3) is 0 Å². The summed E-state index contributed by atoms with van der Waals surface area (Å²) in [6.07, 6.45) is 1.15. The van der Waals surface area contributed by atoms with E-state index in [1.54, 1.807) is 24.3 Å². The normalized spacial score (nSPS) is 15.0. The second-order valence-corrected chi connectivity index (χ2v) is 6.40. The third-order valence-corrected chi connectivity index (χ3v) is 4.73. The van der Waals surface area contributed by atoms with Crippen molar-refractivity contribution in [3.8, 4) is 0 Å². The smallest absolute Gasteiger partial charge is 0.245 e. The molecule has 0 atom stereocenters. The molecule has 1 heterocycles. The summed E-state index contributed by atoms with van der Waals surface area (Å²) in [4.78, 5) is 11.6. The molecule has 7 heteroatoms. The third kappa shape index (κ3) is 3.05. The lowest BCUT2D eigenvalue weighted by Crippen LogP contribution is -2.43. The van der Waals surface area contributed by atoms with Crippen LogP contribution in [0.15, 0.2) is 24.3 Å². The summed E-state index contributed by atoms with van der Waals surface area (Å²) in [7, 11) is -3.48. The number of anilines is 2. The molecule has 1 amide bonds. The minimum Gasteiger partial charge on any atom is -0.330 e. The van der Waals surface area contributed by atoms with Gasteiger partial charge in [-0.2, -0.15) is 0 Å². The van der Waals surface area contributed by atoms with Crippen LogP contribution in [-0.2, 0) is 14.8 Å². The Balaban J connectivity index is 2.27. The molecule has 6 nitrogen and oxygen atoms in total. The van der Waals surface area contributed by atoms with Crippen molar-refractivity contribution in [3.05, 3.63) is 24.3 Å². The standard InChI is InChI=1S/C12H17N3O3S/c13-7-3-4-8-19(17,18)15-9-12(16)14-10-5-1-2-6-11(10)15/h1-2,5-6H,3-4,7-9,13H2,(H,14,16). The lowest BCUT2D eigenvalue weighted by atomic mass is 10.2. The number of nitrogens with zero attached hydrogens (tertiary/aromatic N) is 1. The van der Waals surface area contributed by atoms with E-state index in [2.05, 4.69) is 5.32 Å². The molecule has 0 unspecified atom stereocenters. The molecule has 0 saturated heterocycles. The van der Waals surface area contributed by atoms with Crippen LogP contribution < -0.4 is 15.4 Å². The quantitative estimate of drug-likeness (QED) is 0.770. The zero-order chi connectivity index (χ0) is 13.9. The van der Waals surface area contributed by atoms with Crippen molar-refractivity contribution in [1.29, 1.82) is 0 Å². The number of fused-ring (bicyclic) bond motifs is 1. The fraction of sp³-hybridized carbons (Fsp3) is 0.417. The molecule has 0 bridgehead atoms. The Morgan fingerprint density at radius 2 is 2.00 bits per heavy atom. The summed E-state index contributed by atoms with van der Waals surface area (Å²) in [6.45, 7) is 0.300. The number of carbonyl (C=O) groups is 1. The average molecular weight is 283 g/mol. The zero-order valence-corrected chi connectivity index (χ0v) is 11.3. The number of nitrogens with two attached hydrogens (primary N) is 1. The summed E-state index contributed by atoms with van der Waals surface area (Å²) in [5, 5.41) is 2.66. The fourth-order valence-electron chi connectivity index (χ4n) is 1.99. The number of para-hydroxylation sites is 2. The highest BCUT2D eigenvalue weighted by Crippen LogP contribution is 2.31. The van der Waals surface area contributed by atoms with Crippen LogP contribution >= 0.6 is 0 Å². The van der Waals surface area contributed by atoms with E-state index in [9.17, 15) is 13.2 Å². The second-order valence-electron chi connectivity index (χ2n) is 4.38. The minimum absolute atomic E-state index is 0.00577. The van der Waals surface area contributed by atoms with E-state index in [-0.39, 0.29) is 18.2 Å². The Bertz CT molecular complexity index is 571. The Labute approximate surface area is 112 Å². The molecule has 1 aromatic carbocycles.